The van der Waals surface area contributed by atoms with Gasteiger partial charge in [0.15, 0.2) is 0 Å². The zero-order valence-electron chi connectivity index (χ0n) is 19.2. The van der Waals surface area contributed by atoms with Crippen molar-refractivity contribution in [3.63, 3.8) is 0 Å². The van der Waals surface area contributed by atoms with Gasteiger partial charge in [-0.3, -0.25) is 9.88 Å². The molecule has 3 heteroatoms. The average Bonchev–Trinajstić information content (AvgIpc) is 3.47. The van der Waals surface area contributed by atoms with E-state index in [1.54, 1.807) is 0 Å². The third-order valence-corrected chi connectivity index (χ3v) is 8.48. The van der Waals surface area contributed by atoms with Crippen molar-refractivity contribution in [1.29, 1.82) is 0 Å². The molecule has 4 aliphatic rings. The summed E-state index contributed by atoms with van der Waals surface area (Å²) in [6.07, 6.45) is 7.71. The summed E-state index contributed by atoms with van der Waals surface area (Å²) < 4.78 is 0. The molecule has 0 N–H and O–H groups in total. The van der Waals surface area contributed by atoms with Crippen molar-refractivity contribution in [2.75, 3.05) is 4.90 Å². The standard InChI is InChI=1S/C32H21N3/c1-2-7-21-18(5-1)13-24-22(21)9-10-23-25-15-20-16-29-30(8-4-11-33-29)35-31(20)28(27(25)17-26(23)24)14-19-6-3-12-34-32(19)35/h1-12,15H,13-14,16-17H2. The van der Waals surface area contributed by atoms with Gasteiger partial charge in [0, 0.05) is 25.2 Å². The Morgan fingerprint density at radius 3 is 2.26 bits per heavy atom. The first-order valence-electron chi connectivity index (χ1n) is 12.4. The van der Waals surface area contributed by atoms with Crippen LogP contribution in [0.2, 0.25) is 0 Å². The first-order valence-corrected chi connectivity index (χ1v) is 12.4. The van der Waals surface area contributed by atoms with Crippen LogP contribution in [-0.4, -0.2) is 9.97 Å². The molecule has 0 fully saturated rings. The maximum atomic E-state index is 4.85. The largest absolute Gasteiger partial charge is 0.292 e. The fraction of sp³-hybridized carbons (Fsp3) is 0.125. The molecular weight excluding hydrogens is 426 g/mol. The average molecular weight is 448 g/mol. The van der Waals surface area contributed by atoms with E-state index < -0.39 is 0 Å². The first-order chi connectivity index (χ1) is 17.3. The van der Waals surface area contributed by atoms with Gasteiger partial charge in [0.25, 0.3) is 0 Å². The van der Waals surface area contributed by atoms with Crippen molar-refractivity contribution in [3.8, 4) is 22.3 Å². The molecule has 0 saturated heterocycles. The lowest BCUT2D eigenvalue weighted by molar-refractivity contribution is 0.941. The van der Waals surface area contributed by atoms with Gasteiger partial charge < -0.3 is 0 Å². The molecule has 3 nitrogen and oxygen atoms in total. The molecule has 2 aromatic heterocycles. The predicted octanol–water partition coefficient (Wildman–Crippen LogP) is 6.90. The molecule has 4 heterocycles. The van der Waals surface area contributed by atoms with Crippen LogP contribution in [0.25, 0.3) is 22.3 Å². The maximum Gasteiger partial charge on any atom is 0.141 e. The molecule has 0 spiro atoms. The predicted molar refractivity (Wildman–Crippen MR) is 139 cm³/mol. The lowest BCUT2D eigenvalue weighted by atomic mass is 9.84. The van der Waals surface area contributed by atoms with E-state index in [0.29, 0.717) is 0 Å². The minimum absolute atomic E-state index is 0.871. The van der Waals surface area contributed by atoms with Crippen LogP contribution < -0.4 is 4.90 Å². The summed E-state index contributed by atoms with van der Waals surface area (Å²) in [4.78, 5) is 12.0. The first kappa shape index (κ1) is 18.1. The van der Waals surface area contributed by atoms with Crippen LogP contribution in [-0.2, 0) is 25.7 Å². The van der Waals surface area contributed by atoms with Crippen LogP contribution >= 0.6 is 0 Å². The Balaban J connectivity index is 1.30. The Morgan fingerprint density at radius 1 is 0.543 bits per heavy atom. The third-order valence-electron chi connectivity index (χ3n) is 8.48. The second-order valence-electron chi connectivity index (χ2n) is 10.2. The number of benzene rings is 3. The molecule has 9 rings (SSSR count). The summed E-state index contributed by atoms with van der Waals surface area (Å²) in [5.41, 5.74) is 19.5. The fourth-order valence-corrected chi connectivity index (χ4v) is 7.03. The normalized spacial score (nSPS) is 14.9. The molecule has 0 amide bonds. The van der Waals surface area contributed by atoms with E-state index in [9.17, 15) is 0 Å². The molecule has 3 aromatic carbocycles. The van der Waals surface area contributed by atoms with Crippen LogP contribution in [0.1, 0.15) is 44.6 Å². The van der Waals surface area contributed by atoms with Crippen molar-refractivity contribution in [3.05, 3.63) is 124 Å². The Bertz CT molecular complexity index is 1750. The van der Waals surface area contributed by atoms with Crippen LogP contribution in [0.3, 0.4) is 0 Å². The molecule has 2 aliphatic heterocycles. The monoisotopic (exact) mass is 447 g/mol. The maximum absolute atomic E-state index is 4.85. The Labute approximate surface area is 203 Å². The molecule has 0 atom stereocenters. The highest BCUT2D eigenvalue weighted by Gasteiger charge is 2.38. The summed E-state index contributed by atoms with van der Waals surface area (Å²) in [5, 5.41) is 0. The number of hydrogen-bond donors (Lipinski definition) is 0. The molecule has 0 bridgehead atoms. The highest BCUT2D eigenvalue weighted by molar-refractivity contribution is 5.94. The molecule has 0 unspecified atom stereocenters. The lowest BCUT2D eigenvalue weighted by Crippen LogP contribution is -2.27. The number of nitrogens with zero attached hydrogens (tertiary/aromatic N) is 3. The van der Waals surface area contributed by atoms with E-state index in [-0.39, 0.29) is 0 Å². The van der Waals surface area contributed by atoms with E-state index in [0.717, 1.165) is 37.2 Å². The van der Waals surface area contributed by atoms with E-state index in [4.69, 9.17) is 9.97 Å². The summed E-state index contributed by atoms with van der Waals surface area (Å²) in [6, 6.07) is 24.7. The van der Waals surface area contributed by atoms with Gasteiger partial charge in [0.2, 0.25) is 0 Å². The summed E-state index contributed by atoms with van der Waals surface area (Å²) in [6.45, 7) is 0. The minimum Gasteiger partial charge on any atom is -0.292 e. The zero-order chi connectivity index (χ0) is 22.7. The van der Waals surface area contributed by atoms with Gasteiger partial charge in [0.05, 0.1) is 17.1 Å². The Morgan fingerprint density at radius 2 is 1.29 bits per heavy atom. The number of fused-ring (bicyclic) bond motifs is 12. The Kier molecular flexibility index (Phi) is 3.24. The molecule has 0 saturated carbocycles. The van der Waals surface area contributed by atoms with Crippen molar-refractivity contribution in [1.82, 2.24) is 9.97 Å². The van der Waals surface area contributed by atoms with Gasteiger partial charge in [-0.15, -0.1) is 0 Å². The molecule has 0 radical (unpaired) electrons. The number of rotatable bonds is 0. The Hall–Kier alpha value is -4.24. The molecule has 2 aliphatic carbocycles. The summed E-state index contributed by atoms with van der Waals surface area (Å²) in [7, 11) is 0. The fourth-order valence-electron chi connectivity index (χ4n) is 7.03. The van der Waals surface area contributed by atoms with E-state index >= 15 is 0 Å². The van der Waals surface area contributed by atoms with Crippen LogP contribution in [0.5, 0.6) is 0 Å². The summed E-state index contributed by atoms with van der Waals surface area (Å²) >= 11 is 0. The molecule has 164 valence electrons. The van der Waals surface area contributed by atoms with Crippen molar-refractivity contribution < 1.29 is 0 Å². The lowest BCUT2D eigenvalue weighted by Gasteiger charge is -2.38. The second kappa shape index (κ2) is 6.25. The minimum atomic E-state index is 0.871. The number of aromatic nitrogens is 2. The second-order valence-corrected chi connectivity index (χ2v) is 10.2. The SMILES string of the molecule is c1ccc2c(c1)Cc1c-2ccc2c1Cc1c-2cc2c3c1Cc1cccnc1N3c1cccnc1C2. The van der Waals surface area contributed by atoms with Crippen LogP contribution in [0.4, 0.5) is 17.2 Å². The number of pyridine rings is 2. The molecule has 35 heavy (non-hydrogen) atoms. The van der Waals surface area contributed by atoms with Crippen molar-refractivity contribution in [2.45, 2.75) is 25.7 Å². The van der Waals surface area contributed by atoms with E-state index in [1.807, 2.05) is 18.5 Å². The van der Waals surface area contributed by atoms with Gasteiger partial charge >= 0.3 is 0 Å². The van der Waals surface area contributed by atoms with E-state index in [1.165, 1.54) is 72.6 Å². The summed E-state index contributed by atoms with van der Waals surface area (Å²) in [5.74, 6) is 1.06. The highest BCUT2D eigenvalue weighted by atomic mass is 15.2. The van der Waals surface area contributed by atoms with Gasteiger partial charge in [0.1, 0.15) is 5.82 Å². The van der Waals surface area contributed by atoms with Gasteiger partial charge in [-0.25, -0.2) is 4.98 Å². The van der Waals surface area contributed by atoms with Crippen molar-refractivity contribution >= 4 is 17.2 Å². The number of anilines is 3. The van der Waals surface area contributed by atoms with E-state index in [2.05, 4.69) is 65.6 Å². The van der Waals surface area contributed by atoms with Crippen LogP contribution in [0, 0.1) is 0 Å². The quantitative estimate of drug-likeness (QED) is 0.253. The smallest absolute Gasteiger partial charge is 0.141 e. The highest BCUT2D eigenvalue weighted by Crippen LogP contribution is 2.55. The number of hydrogen-bond acceptors (Lipinski definition) is 3. The van der Waals surface area contributed by atoms with Gasteiger partial charge in [-0.1, -0.05) is 42.5 Å². The van der Waals surface area contributed by atoms with Gasteiger partial charge in [-0.2, -0.15) is 0 Å². The third kappa shape index (κ3) is 2.21. The molecular formula is C32H21N3. The van der Waals surface area contributed by atoms with Crippen LogP contribution in [0.15, 0.2) is 79.1 Å². The zero-order valence-corrected chi connectivity index (χ0v) is 19.2. The topological polar surface area (TPSA) is 29.0 Å². The molecule has 5 aromatic rings. The van der Waals surface area contributed by atoms with Gasteiger partial charge in [-0.05, 0) is 98.3 Å². The van der Waals surface area contributed by atoms with Crippen molar-refractivity contribution in [2.24, 2.45) is 0 Å².